The Kier molecular flexibility index (Phi) is 5.43. The van der Waals surface area contributed by atoms with Crippen molar-refractivity contribution in [1.29, 1.82) is 0 Å². The van der Waals surface area contributed by atoms with Gasteiger partial charge in [-0.15, -0.1) is 0 Å². The van der Waals surface area contributed by atoms with Crippen LogP contribution in [-0.4, -0.2) is 52.0 Å². The molecule has 0 saturated carbocycles. The Morgan fingerprint density at radius 3 is 2.52 bits per heavy atom. The van der Waals surface area contributed by atoms with Crippen molar-refractivity contribution in [3.63, 3.8) is 0 Å². The molecule has 0 atom stereocenters. The molecule has 1 aromatic heterocycles. The minimum atomic E-state index is -0.298. The lowest BCUT2D eigenvalue weighted by Crippen LogP contribution is -2.48. The van der Waals surface area contributed by atoms with Crippen molar-refractivity contribution in [3.8, 4) is 11.5 Å². The molecule has 1 fully saturated rings. The third-order valence-corrected chi connectivity index (χ3v) is 4.23. The third kappa shape index (κ3) is 4.63. The molecule has 2 heterocycles. The van der Waals surface area contributed by atoms with Gasteiger partial charge in [-0.3, -0.25) is 9.69 Å². The van der Waals surface area contributed by atoms with Gasteiger partial charge in [0.05, 0.1) is 6.54 Å². The molecule has 1 aliphatic rings. The van der Waals surface area contributed by atoms with Crippen molar-refractivity contribution in [1.82, 2.24) is 19.9 Å². The van der Waals surface area contributed by atoms with Crippen molar-refractivity contribution < 1.29 is 13.7 Å². The second-order valence-corrected chi connectivity index (χ2v) is 6.78. The van der Waals surface area contributed by atoms with Crippen LogP contribution < -0.4 is 0 Å². The molecular formula is C18H23FN4O2. The molecule has 1 amide bonds. The SMILES string of the molecule is CC(C)CC(=O)N1CCN(Cc2noc(-c3ccc(F)cc3)n2)CC1. The van der Waals surface area contributed by atoms with E-state index in [4.69, 9.17) is 4.52 Å². The van der Waals surface area contributed by atoms with E-state index in [1.165, 1.54) is 12.1 Å². The van der Waals surface area contributed by atoms with Crippen LogP contribution in [0.15, 0.2) is 28.8 Å². The van der Waals surface area contributed by atoms with Crippen LogP contribution >= 0.6 is 0 Å². The van der Waals surface area contributed by atoms with E-state index in [1.807, 2.05) is 4.90 Å². The van der Waals surface area contributed by atoms with Crippen molar-refractivity contribution in [2.24, 2.45) is 5.92 Å². The molecule has 3 rings (SSSR count). The number of benzene rings is 1. The second-order valence-electron chi connectivity index (χ2n) is 6.78. The van der Waals surface area contributed by atoms with Crippen LogP contribution in [0.4, 0.5) is 4.39 Å². The van der Waals surface area contributed by atoms with Crippen LogP contribution in [0.1, 0.15) is 26.1 Å². The highest BCUT2D eigenvalue weighted by Crippen LogP contribution is 2.18. The first-order valence-corrected chi connectivity index (χ1v) is 8.60. The zero-order chi connectivity index (χ0) is 17.8. The number of carbonyl (C=O) groups is 1. The Morgan fingerprint density at radius 2 is 1.88 bits per heavy atom. The first kappa shape index (κ1) is 17.5. The fourth-order valence-corrected chi connectivity index (χ4v) is 2.86. The first-order valence-electron chi connectivity index (χ1n) is 8.60. The van der Waals surface area contributed by atoms with E-state index in [0.29, 0.717) is 36.2 Å². The zero-order valence-corrected chi connectivity index (χ0v) is 14.6. The minimum Gasteiger partial charge on any atom is -0.340 e. The van der Waals surface area contributed by atoms with E-state index < -0.39 is 0 Å². The minimum absolute atomic E-state index is 0.229. The van der Waals surface area contributed by atoms with Gasteiger partial charge in [-0.05, 0) is 30.2 Å². The Bertz CT molecular complexity index is 706. The molecule has 25 heavy (non-hydrogen) atoms. The summed E-state index contributed by atoms with van der Waals surface area (Å²) in [6, 6.07) is 5.97. The summed E-state index contributed by atoms with van der Waals surface area (Å²) in [6.07, 6.45) is 0.603. The second kappa shape index (κ2) is 7.74. The Balaban J connectivity index is 1.53. The quantitative estimate of drug-likeness (QED) is 0.833. The molecule has 1 aliphatic heterocycles. The molecule has 0 radical (unpaired) electrons. The fourth-order valence-electron chi connectivity index (χ4n) is 2.86. The summed E-state index contributed by atoms with van der Waals surface area (Å²) < 4.78 is 18.2. The molecule has 1 aromatic carbocycles. The van der Waals surface area contributed by atoms with Crippen LogP contribution in [0.5, 0.6) is 0 Å². The van der Waals surface area contributed by atoms with Gasteiger partial charge in [0.25, 0.3) is 5.89 Å². The molecule has 2 aromatic rings. The molecule has 0 spiro atoms. The van der Waals surface area contributed by atoms with Crippen molar-refractivity contribution in [3.05, 3.63) is 35.9 Å². The van der Waals surface area contributed by atoms with Crippen LogP contribution in [0, 0.1) is 11.7 Å². The van der Waals surface area contributed by atoms with Gasteiger partial charge < -0.3 is 9.42 Å². The summed E-state index contributed by atoms with van der Waals surface area (Å²) in [6.45, 7) is 7.75. The summed E-state index contributed by atoms with van der Waals surface area (Å²) in [4.78, 5) is 20.6. The summed E-state index contributed by atoms with van der Waals surface area (Å²) >= 11 is 0. The van der Waals surface area contributed by atoms with E-state index in [0.717, 1.165) is 26.2 Å². The topological polar surface area (TPSA) is 62.5 Å². The Hall–Kier alpha value is -2.28. The summed E-state index contributed by atoms with van der Waals surface area (Å²) in [7, 11) is 0. The van der Waals surface area contributed by atoms with E-state index in [2.05, 4.69) is 28.9 Å². The lowest BCUT2D eigenvalue weighted by molar-refractivity contribution is -0.133. The number of halogens is 1. The summed E-state index contributed by atoms with van der Waals surface area (Å²) in [5.41, 5.74) is 0.698. The normalized spacial score (nSPS) is 15.8. The maximum Gasteiger partial charge on any atom is 0.257 e. The first-order chi connectivity index (χ1) is 12.0. The fraction of sp³-hybridized carbons (Fsp3) is 0.500. The van der Waals surface area contributed by atoms with E-state index in [-0.39, 0.29) is 11.7 Å². The number of carbonyl (C=O) groups excluding carboxylic acids is 1. The van der Waals surface area contributed by atoms with Gasteiger partial charge in [-0.2, -0.15) is 4.98 Å². The molecule has 1 saturated heterocycles. The predicted molar refractivity (Wildman–Crippen MR) is 91.0 cm³/mol. The van der Waals surface area contributed by atoms with Gasteiger partial charge in [0.15, 0.2) is 5.82 Å². The van der Waals surface area contributed by atoms with Gasteiger partial charge >= 0.3 is 0 Å². The number of hydrogen-bond acceptors (Lipinski definition) is 5. The lowest BCUT2D eigenvalue weighted by Gasteiger charge is -2.34. The van der Waals surface area contributed by atoms with Crippen molar-refractivity contribution in [2.45, 2.75) is 26.8 Å². The molecule has 0 N–H and O–H groups in total. The highest BCUT2D eigenvalue weighted by molar-refractivity contribution is 5.76. The molecule has 6 nitrogen and oxygen atoms in total. The maximum atomic E-state index is 13.0. The molecule has 0 unspecified atom stereocenters. The van der Waals surface area contributed by atoms with E-state index >= 15 is 0 Å². The van der Waals surface area contributed by atoms with Crippen LogP contribution in [0.3, 0.4) is 0 Å². The van der Waals surface area contributed by atoms with E-state index in [9.17, 15) is 9.18 Å². The Morgan fingerprint density at radius 1 is 1.20 bits per heavy atom. The van der Waals surface area contributed by atoms with Gasteiger partial charge in [0.1, 0.15) is 5.82 Å². The number of rotatable bonds is 5. The number of aromatic nitrogens is 2. The average Bonchev–Trinajstić information content (AvgIpc) is 3.04. The number of hydrogen-bond donors (Lipinski definition) is 0. The van der Waals surface area contributed by atoms with Gasteiger partial charge in [-0.1, -0.05) is 19.0 Å². The summed E-state index contributed by atoms with van der Waals surface area (Å²) in [5, 5.41) is 4.00. The van der Waals surface area contributed by atoms with Crippen molar-refractivity contribution in [2.75, 3.05) is 26.2 Å². The number of piperazine rings is 1. The highest BCUT2D eigenvalue weighted by atomic mass is 19.1. The number of nitrogens with zero attached hydrogens (tertiary/aromatic N) is 4. The van der Waals surface area contributed by atoms with Gasteiger partial charge in [-0.25, -0.2) is 4.39 Å². The largest absolute Gasteiger partial charge is 0.340 e. The predicted octanol–water partition coefficient (Wildman–Crippen LogP) is 2.57. The summed E-state index contributed by atoms with van der Waals surface area (Å²) in [5.74, 6) is 1.30. The van der Waals surface area contributed by atoms with E-state index in [1.54, 1.807) is 12.1 Å². The van der Waals surface area contributed by atoms with Crippen molar-refractivity contribution >= 4 is 5.91 Å². The van der Waals surface area contributed by atoms with Gasteiger partial charge in [0.2, 0.25) is 5.91 Å². The standard InChI is InChI=1S/C18H23FN4O2/c1-13(2)11-17(24)23-9-7-22(8-10-23)12-16-20-18(25-21-16)14-3-5-15(19)6-4-14/h3-6,13H,7-12H2,1-2H3. The smallest absolute Gasteiger partial charge is 0.257 e. The van der Waals surface area contributed by atoms with Crippen LogP contribution in [-0.2, 0) is 11.3 Å². The van der Waals surface area contributed by atoms with Crippen LogP contribution in [0.2, 0.25) is 0 Å². The number of amides is 1. The van der Waals surface area contributed by atoms with Crippen LogP contribution in [0.25, 0.3) is 11.5 Å². The average molecular weight is 346 g/mol. The lowest BCUT2D eigenvalue weighted by atomic mass is 10.1. The molecular weight excluding hydrogens is 323 g/mol. The third-order valence-electron chi connectivity index (χ3n) is 4.23. The monoisotopic (exact) mass is 346 g/mol. The molecule has 0 bridgehead atoms. The van der Waals surface area contributed by atoms with Gasteiger partial charge in [0, 0.05) is 38.2 Å². The maximum absolute atomic E-state index is 13.0. The molecule has 0 aliphatic carbocycles. The Labute approximate surface area is 146 Å². The molecule has 134 valence electrons. The highest BCUT2D eigenvalue weighted by Gasteiger charge is 2.22. The molecule has 7 heteroatoms. The zero-order valence-electron chi connectivity index (χ0n) is 14.6.